The lowest BCUT2D eigenvalue weighted by molar-refractivity contribution is 0.413. The van der Waals surface area contributed by atoms with Gasteiger partial charge in [-0.15, -0.1) is 0 Å². The molecule has 3 aromatic carbocycles. The number of hydrogen-bond donors (Lipinski definition) is 1. The molecule has 2 heterocycles. The van der Waals surface area contributed by atoms with E-state index in [1.807, 2.05) is 18.2 Å². The first-order valence-corrected chi connectivity index (χ1v) is 11.8. The van der Waals surface area contributed by atoms with E-state index in [2.05, 4.69) is 9.88 Å². The van der Waals surface area contributed by atoms with Crippen molar-refractivity contribution in [2.45, 2.75) is 4.90 Å². The fourth-order valence-corrected chi connectivity index (χ4v) is 4.86. The molecule has 0 saturated carbocycles. The Bertz CT molecular complexity index is 1590. The van der Waals surface area contributed by atoms with Crippen molar-refractivity contribution < 1.29 is 13.7 Å². The van der Waals surface area contributed by atoms with Gasteiger partial charge in [0.1, 0.15) is 17.8 Å². The molecule has 176 valence electrons. The molecule has 0 aliphatic heterocycles. The Morgan fingerprint density at radius 2 is 1.91 bits per heavy atom. The van der Waals surface area contributed by atoms with E-state index in [0.717, 1.165) is 10.3 Å². The van der Waals surface area contributed by atoms with Gasteiger partial charge in [0, 0.05) is 33.7 Å². The van der Waals surface area contributed by atoms with Crippen molar-refractivity contribution in [3.05, 3.63) is 99.2 Å². The number of anilines is 1. The van der Waals surface area contributed by atoms with Gasteiger partial charge in [0.2, 0.25) is 0 Å². The van der Waals surface area contributed by atoms with E-state index in [0.29, 0.717) is 38.9 Å². The highest BCUT2D eigenvalue weighted by Gasteiger charge is 2.17. The second kappa shape index (κ2) is 9.65. The topological polar surface area (TPSA) is 69.3 Å². The highest BCUT2D eigenvalue weighted by molar-refractivity contribution is 8.00. The lowest BCUT2D eigenvalue weighted by Gasteiger charge is -2.17. The molecule has 0 aliphatic rings. The van der Waals surface area contributed by atoms with Gasteiger partial charge < -0.3 is 14.0 Å². The predicted molar refractivity (Wildman–Crippen MR) is 137 cm³/mol. The third-order valence-electron chi connectivity index (χ3n) is 5.26. The Kier molecular flexibility index (Phi) is 6.42. The molecule has 0 saturated heterocycles. The number of nitrogens with one attached hydrogen (secondary N) is 1. The number of hydrogen-bond acceptors (Lipinski definition) is 6. The van der Waals surface area contributed by atoms with E-state index >= 15 is 0 Å². The van der Waals surface area contributed by atoms with E-state index < -0.39 is 5.82 Å². The van der Waals surface area contributed by atoms with Gasteiger partial charge in [-0.25, -0.2) is 4.39 Å². The third-order valence-corrected chi connectivity index (χ3v) is 6.59. The van der Waals surface area contributed by atoms with Crippen LogP contribution in [0.5, 0.6) is 5.75 Å². The van der Waals surface area contributed by atoms with Crippen LogP contribution in [-0.2, 0) is 0 Å². The largest absolute Gasteiger partial charge is 0.495 e. The molecule has 6 nitrogen and oxygen atoms in total. The summed E-state index contributed by atoms with van der Waals surface area (Å²) < 4.78 is 29.1. The predicted octanol–water partition coefficient (Wildman–Crippen LogP) is 7.22. The molecule has 0 fully saturated rings. The number of ether oxygens (including phenoxy) is 1. The van der Waals surface area contributed by atoms with E-state index in [-0.39, 0.29) is 10.6 Å². The van der Waals surface area contributed by atoms with Crippen molar-refractivity contribution in [2.75, 3.05) is 11.8 Å². The summed E-state index contributed by atoms with van der Waals surface area (Å²) in [5, 5.41) is 5.21. The first kappa shape index (κ1) is 23.3. The van der Waals surface area contributed by atoms with Crippen molar-refractivity contribution >= 4 is 51.9 Å². The quantitative estimate of drug-likeness (QED) is 0.235. The maximum Gasteiger partial charge on any atom is 0.255 e. The van der Waals surface area contributed by atoms with Crippen LogP contribution < -0.4 is 15.0 Å². The van der Waals surface area contributed by atoms with Gasteiger partial charge >= 0.3 is 0 Å². The van der Waals surface area contributed by atoms with E-state index in [4.69, 9.17) is 32.5 Å². The maximum absolute atomic E-state index is 14.1. The van der Waals surface area contributed by atoms with Crippen LogP contribution in [0.1, 0.15) is 0 Å². The van der Waals surface area contributed by atoms with E-state index in [9.17, 15) is 9.18 Å². The summed E-state index contributed by atoms with van der Waals surface area (Å²) in [4.78, 5) is 14.0. The Balaban J connectivity index is 1.64. The number of pyridine rings is 1. The minimum atomic E-state index is -0.493. The fourth-order valence-electron chi connectivity index (χ4n) is 3.72. The van der Waals surface area contributed by atoms with Crippen LogP contribution in [-0.4, -0.2) is 16.8 Å². The molecule has 0 spiro atoms. The number of aromatic nitrogens is 2. The monoisotopic (exact) mass is 527 g/mol. The van der Waals surface area contributed by atoms with Gasteiger partial charge in [-0.2, -0.15) is 0 Å². The summed E-state index contributed by atoms with van der Waals surface area (Å²) in [6.07, 6.45) is 1.48. The fraction of sp³-hybridized carbons (Fsp3) is 0.0400. The van der Waals surface area contributed by atoms with Crippen LogP contribution in [0.3, 0.4) is 0 Å². The first-order chi connectivity index (χ1) is 16.9. The molecule has 5 rings (SSSR count). The van der Waals surface area contributed by atoms with E-state index in [1.165, 1.54) is 48.1 Å². The van der Waals surface area contributed by atoms with Crippen LogP contribution in [0.25, 0.3) is 27.7 Å². The van der Waals surface area contributed by atoms with Crippen LogP contribution >= 0.6 is 35.1 Å². The van der Waals surface area contributed by atoms with Gasteiger partial charge in [-0.1, -0.05) is 28.4 Å². The second-order valence-electron chi connectivity index (χ2n) is 7.48. The minimum absolute atomic E-state index is 0.236. The number of methoxy groups -OCH3 is 1. The minimum Gasteiger partial charge on any atom is -0.495 e. The summed E-state index contributed by atoms with van der Waals surface area (Å²) in [7, 11) is 1.49. The number of benzene rings is 3. The van der Waals surface area contributed by atoms with E-state index in [1.54, 1.807) is 30.3 Å². The molecule has 0 atom stereocenters. The van der Waals surface area contributed by atoms with Gasteiger partial charge in [0.15, 0.2) is 5.82 Å². The molecule has 0 amide bonds. The maximum atomic E-state index is 14.1. The average Bonchev–Trinajstić information content (AvgIpc) is 3.36. The molecule has 0 bridgehead atoms. The summed E-state index contributed by atoms with van der Waals surface area (Å²) >= 11 is 13.9. The number of rotatable bonds is 6. The Hall–Kier alpha value is -3.46. The average molecular weight is 528 g/mol. The summed E-state index contributed by atoms with van der Waals surface area (Å²) in [6, 6.07) is 18.1. The van der Waals surface area contributed by atoms with Crippen molar-refractivity contribution in [2.24, 2.45) is 0 Å². The molecule has 2 aromatic heterocycles. The van der Waals surface area contributed by atoms with Crippen molar-refractivity contribution in [3.63, 3.8) is 0 Å². The van der Waals surface area contributed by atoms with Crippen molar-refractivity contribution in [3.8, 4) is 22.6 Å². The Morgan fingerprint density at radius 1 is 1.06 bits per heavy atom. The second-order valence-corrected chi connectivity index (χ2v) is 9.20. The SMILES string of the molecule is COc1cc(Cl)c(-c2cc(F)cc(Cl)c2)cc1-n1c(=O)ccc2cc(SNc3ccon3)ccc21. The Labute approximate surface area is 213 Å². The molecule has 1 N–H and O–H groups in total. The molecular weight excluding hydrogens is 512 g/mol. The Morgan fingerprint density at radius 3 is 2.66 bits per heavy atom. The lowest BCUT2D eigenvalue weighted by atomic mass is 10.0. The zero-order chi connectivity index (χ0) is 24.5. The lowest BCUT2D eigenvalue weighted by Crippen LogP contribution is -2.18. The molecule has 35 heavy (non-hydrogen) atoms. The van der Waals surface area contributed by atoms with Gasteiger partial charge in [-0.05, 0) is 71.4 Å². The standard InChI is InChI=1S/C25H16Cl2FN3O3S/c1-33-23-13-20(27)19(15-8-16(26)11-17(28)9-15)12-22(23)31-21-4-3-18(10-14(21)2-5-25(31)32)35-30-24-6-7-34-29-24/h2-13H,1H3,(H,29,30). The van der Waals surface area contributed by atoms with Crippen LogP contribution in [0.4, 0.5) is 10.2 Å². The zero-order valence-corrected chi connectivity index (χ0v) is 20.4. The van der Waals surface area contributed by atoms with Crippen LogP contribution in [0, 0.1) is 5.82 Å². The molecule has 10 heteroatoms. The van der Waals surface area contributed by atoms with Crippen LogP contribution in [0.15, 0.2) is 87.2 Å². The molecule has 0 aliphatic carbocycles. The normalized spacial score (nSPS) is 11.1. The molecular formula is C25H16Cl2FN3O3S. The molecule has 0 radical (unpaired) electrons. The number of fused-ring (bicyclic) bond motifs is 1. The summed E-state index contributed by atoms with van der Waals surface area (Å²) in [5.74, 6) is 0.491. The highest BCUT2D eigenvalue weighted by Crippen LogP contribution is 2.38. The van der Waals surface area contributed by atoms with Crippen molar-refractivity contribution in [1.82, 2.24) is 9.72 Å². The zero-order valence-electron chi connectivity index (χ0n) is 18.1. The van der Waals surface area contributed by atoms with Gasteiger partial charge in [0.05, 0.1) is 23.3 Å². The smallest absolute Gasteiger partial charge is 0.255 e. The first-order valence-electron chi connectivity index (χ1n) is 10.3. The summed E-state index contributed by atoms with van der Waals surface area (Å²) in [6.45, 7) is 0. The number of halogens is 3. The van der Waals surface area contributed by atoms with Crippen molar-refractivity contribution in [1.29, 1.82) is 0 Å². The van der Waals surface area contributed by atoms with Gasteiger partial charge in [0.25, 0.3) is 5.56 Å². The highest BCUT2D eigenvalue weighted by atomic mass is 35.5. The number of nitrogens with zero attached hydrogens (tertiary/aromatic N) is 2. The molecule has 0 unspecified atom stereocenters. The third kappa shape index (κ3) is 4.73. The van der Waals surface area contributed by atoms with Gasteiger partial charge in [-0.3, -0.25) is 9.36 Å². The molecule has 5 aromatic rings. The summed E-state index contributed by atoms with van der Waals surface area (Å²) in [5.41, 5.74) is 1.85. The van der Waals surface area contributed by atoms with Crippen LogP contribution in [0.2, 0.25) is 10.0 Å².